The Morgan fingerprint density at radius 1 is 0.900 bits per heavy atom. The molecule has 18 heteroatoms. The fraction of sp³-hybridized carbons (Fsp3) is 0.750. The van der Waals surface area contributed by atoms with Gasteiger partial charge in [-0.2, -0.15) is 5.10 Å². The molecule has 0 spiro atoms. The summed E-state index contributed by atoms with van der Waals surface area (Å²) in [6.07, 6.45) is 6.79. The maximum atomic E-state index is 14.7. The molecule has 1 aliphatic carbocycles. The van der Waals surface area contributed by atoms with E-state index in [1.807, 2.05) is 78.1 Å². The molecular formula is C52H85N7O9S2. The van der Waals surface area contributed by atoms with Crippen molar-refractivity contribution >= 4 is 62.6 Å². The molecule has 2 fully saturated rings. The zero-order valence-corrected chi connectivity index (χ0v) is 45.9. The minimum Gasteiger partial charge on any atom is -0.448 e. The molecular weight excluding hydrogens is 931 g/mol. The summed E-state index contributed by atoms with van der Waals surface area (Å²) in [6, 6.07) is 5.78. The number of nitrogens with one attached hydrogen (secondary N) is 2. The Morgan fingerprint density at radius 3 is 2.17 bits per heavy atom. The molecule has 2 aliphatic heterocycles. The maximum Gasteiger partial charge on any atom is 0.410 e. The van der Waals surface area contributed by atoms with E-state index < -0.39 is 60.4 Å². The van der Waals surface area contributed by atoms with Crippen LogP contribution in [0.25, 0.3) is 0 Å². The number of hydrogen-bond donors (Lipinski definition) is 3. The Balaban J connectivity index is 1.43. The van der Waals surface area contributed by atoms with E-state index in [0.717, 1.165) is 50.0 Å². The first-order chi connectivity index (χ1) is 33.2. The quantitative estimate of drug-likeness (QED) is 0.0854. The Hall–Kier alpha value is -3.71. The molecule has 2 heterocycles. The topological polar surface area (TPSA) is 192 Å². The number of aliphatic hydroxyl groups is 1. The summed E-state index contributed by atoms with van der Waals surface area (Å²) in [5.74, 6) is -2.27. The molecule has 11 atom stereocenters. The van der Waals surface area contributed by atoms with Gasteiger partial charge in [-0.3, -0.25) is 24.1 Å². The number of hydrogen-bond acceptors (Lipinski definition) is 13. The van der Waals surface area contributed by atoms with Crippen LogP contribution in [0.5, 0.6) is 0 Å². The second kappa shape index (κ2) is 27.9. The first-order valence-electron chi connectivity index (χ1n) is 25.5. The molecule has 16 nitrogen and oxygen atoms in total. The molecule has 3 aliphatic rings. The van der Waals surface area contributed by atoms with E-state index in [1.165, 1.54) is 4.90 Å². The predicted molar refractivity (Wildman–Crippen MR) is 280 cm³/mol. The van der Waals surface area contributed by atoms with Crippen molar-refractivity contribution < 1.29 is 43.3 Å². The molecule has 1 aromatic carbocycles. The number of likely N-dealkylation sites (tertiary alicyclic amines) is 1. The zero-order valence-electron chi connectivity index (χ0n) is 44.2. The molecule has 1 saturated carbocycles. The Kier molecular flexibility index (Phi) is 23.5. The number of benzene rings is 1. The highest BCUT2D eigenvalue weighted by Crippen LogP contribution is 2.48. The third kappa shape index (κ3) is 15.6. The number of carbonyl (C=O) groups excluding carboxylic acids is 5. The normalized spacial score (nSPS) is 21.9. The van der Waals surface area contributed by atoms with E-state index >= 15 is 0 Å². The van der Waals surface area contributed by atoms with Crippen LogP contribution in [-0.4, -0.2) is 149 Å². The summed E-state index contributed by atoms with van der Waals surface area (Å²) < 4.78 is 17.8. The first kappa shape index (κ1) is 58.9. The highest BCUT2D eigenvalue weighted by atomic mass is 33.1. The number of rotatable bonds is 24. The fourth-order valence-corrected chi connectivity index (χ4v) is 13.1. The minimum absolute atomic E-state index is 0.0287. The number of methoxy groups -OCH3 is 2. The Bertz CT molecular complexity index is 1920. The highest BCUT2D eigenvalue weighted by molar-refractivity contribution is 8.82. The monoisotopic (exact) mass is 1020 g/mol. The fourth-order valence-electron chi connectivity index (χ4n) is 10.1. The van der Waals surface area contributed by atoms with Crippen molar-refractivity contribution in [3.05, 3.63) is 35.9 Å². The molecule has 3 N–H and O–H groups in total. The smallest absolute Gasteiger partial charge is 0.410 e. The van der Waals surface area contributed by atoms with Crippen molar-refractivity contribution in [2.45, 2.75) is 180 Å². The minimum atomic E-state index is -0.952. The van der Waals surface area contributed by atoms with Crippen molar-refractivity contribution in [1.82, 2.24) is 25.3 Å². The number of nitrogens with zero attached hydrogens (tertiary/aromatic N) is 5. The third-order valence-electron chi connectivity index (χ3n) is 14.7. The molecule has 1 unspecified atom stereocenters. The first-order valence-corrected chi connectivity index (χ1v) is 27.7. The molecule has 394 valence electrons. The van der Waals surface area contributed by atoms with Gasteiger partial charge in [-0.1, -0.05) is 116 Å². The van der Waals surface area contributed by atoms with Gasteiger partial charge < -0.3 is 39.8 Å². The molecule has 0 bridgehead atoms. The SMILES string of the molecule is CC[C@H](C)[C@@H]([C@@H](CC(=O)N1CCC[C@H]1[C@H](OC)[C@@H](C)C(=O)N[C@H](C)[C@@H](O)c1ccccc1)OC)N(C)C(=O)[C@@H](NC(=O)[C@H](C(C)C)N(C)C(=O)OCC1(SSC2=NN=CC(C)CC2)CCCC1)C(C)C. The number of ether oxygens (including phenoxy) is 3. The third-order valence-corrected chi connectivity index (χ3v) is 18.0. The van der Waals surface area contributed by atoms with E-state index in [2.05, 4.69) is 27.8 Å². The van der Waals surface area contributed by atoms with E-state index in [0.29, 0.717) is 30.9 Å². The zero-order chi connectivity index (χ0) is 51.9. The lowest BCUT2D eigenvalue weighted by Gasteiger charge is -2.41. The molecule has 0 aromatic heterocycles. The van der Waals surface area contributed by atoms with Gasteiger partial charge in [0.2, 0.25) is 23.6 Å². The van der Waals surface area contributed by atoms with Crippen molar-refractivity contribution in [1.29, 1.82) is 0 Å². The van der Waals surface area contributed by atoms with Crippen molar-refractivity contribution in [2.24, 2.45) is 39.8 Å². The van der Waals surface area contributed by atoms with Crippen LogP contribution in [0.4, 0.5) is 4.79 Å². The van der Waals surface area contributed by atoms with Gasteiger partial charge in [-0.15, -0.1) is 5.10 Å². The maximum absolute atomic E-state index is 14.7. The van der Waals surface area contributed by atoms with Crippen LogP contribution < -0.4 is 10.6 Å². The Morgan fingerprint density at radius 2 is 1.57 bits per heavy atom. The van der Waals surface area contributed by atoms with E-state index in [-0.39, 0.29) is 59.3 Å². The second-order valence-electron chi connectivity index (χ2n) is 20.7. The summed E-state index contributed by atoms with van der Waals surface area (Å²) in [6.45, 7) is 17.8. The lowest BCUT2D eigenvalue weighted by molar-refractivity contribution is -0.148. The number of carbonyl (C=O) groups is 5. The van der Waals surface area contributed by atoms with E-state index in [4.69, 9.17) is 14.2 Å². The average Bonchev–Trinajstić information content (AvgIpc) is 3.98. The predicted octanol–water partition coefficient (Wildman–Crippen LogP) is 7.89. The van der Waals surface area contributed by atoms with Crippen LogP contribution in [0.15, 0.2) is 40.5 Å². The van der Waals surface area contributed by atoms with Gasteiger partial charge >= 0.3 is 6.09 Å². The number of aliphatic hydroxyl groups excluding tert-OH is 1. The lowest BCUT2D eigenvalue weighted by Crippen LogP contribution is -2.60. The Labute approximate surface area is 426 Å². The van der Waals surface area contributed by atoms with Gasteiger partial charge in [0.15, 0.2) is 0 Å². The van der Waals surface area contributed by atoms with Crippen LogP contribution in [0.2, 0.25) is 0 Å². The lowest BCUT2D eigenvalue weighted by atomic mass is 9.89. The van der Waals surface area contributed by atoms with Crippen molar-refractivity contribution in [2.75, 3.05) is 41.5 Å². The standard InChI is InChI=1S/C52H85N7O9S2/c1-14-35(7)45(40(66-12)29-42(60)59-28-20-23-39(59)47(67-13)36(8)48(62)54-37(9)46(61)38-21-16-15-17-22-38)57(10)50(64)43(32(2)3)55-49(63)44(33(4)5)58(11)51(65)68-31-52(26-18-19-27-52)70-69-41-25-24-34(6)30-53-56-41/h15-17,21-22,30,32-37,39-40,43-47,61H,14,18-20,23-29,31H2,1-13H3,(H,54,62)(H,55,63)/t34?,35-,36+,37+,39-,40+,43-,44-,45-,46+,47+/m0/s1. The summed E-state index contributed by atoms with van der Waals surface area (Å²) >= 11 is 0. The largest absolute Gasteiger partial charge is 0.448 e. The molecule has 0 radical (unpaired) electrons. The van der Waals surface area contributed by atoms with Crippen LogP contribution in [0.3, 0.4) is 0 Å². The van der Waals surface area contributed by atoms with Crippen molar-refractivity contribution in [3.63, 3.8) is 0 Å². The van der Waals surface area contributed by atoms with Gasteiger partial charge in [0, 0.05) is 41.1 Å². The number of likely N-dealkylation sites (N-methyl/N-ethyl adjacent to an activating group) is 2. The summed E-state index contributed by atoms with van der Waals surface area (Å²) in [5.41, 5.74) is 0.695. The van der Waals surface area contributed by atoms with Crippen molar-refractivity contribution in [3.8, 4) is 0 Å². The van der Waals surface area contributed by atoms with Gasteiger partial charge in [0.1, 0.15) is 23.7 Å². The number of amides is 5. The van der Waals surface area contributed by atoms with Crippen LogP contribution in [0.1, 0.15) is 138 Å². The highest BCUT2D eigenvalue weighted by Gasteiger charge is 2.44. The van der Waals surface area contributed by atoms with Crippen LogP contribution in [-0.2, 0) is 33.4 Å². The molecule has 5 amide bonds. The van der Waals surface area contributed by atoms with Crippen LogP contribution >= 0.6 is 21.6 Å². The summed E-state index contributed by atoms with van der Waals surface area (Å²) in [7, 11) is 9.68. The van der Waals surface area contributed by atoms with Gasteiger partial charge in [-0.05, 0) is 85.5 Å². The van der Waals surface area contributed by atoms with Crippen LogP contribution in [0, 0.1) is 29.6 Å². The van der Waals surface area contributed by atoms with Gasteiger partial charge in [0.05, 0.1) is 53.5 Å². The van der Waals surface area contributed by atoms with E-state index in [1.54, 1.807) is 73.6 Å². The van der Waals surface area contributed by atoms with Gasteiger partial charge in [-0.25, -0.2) is 4.79 Å². The summed E-state index contributed by atoms with van der Waals surface area (Å²) in [4.78, 5) is 75.6. The second-order valence-corrected chi connectivity index (χ2v) is 23.3. The average molecular weight is 1020 g/mol. The molecule has 1 saturated heterocycles. The van der Waals surface area contributed by atoms with E-state index in [9.17, 15) is 29.1 Å². The molecule has 70 heavy (non-hydrogen) atoms. The van der Waals surface area contributed by atoms with Gasteiger partial charge in [0.25, 0.3) is 0 Å². The molecule has 1 aromatic rings. The molecule has 4 rings (SSSR count). The summed E-state index contributed by atoms with van der Waals surface area (Å²) in [5, 5.41) is 26.5.